The second kappa shape index (κ2) is 10.9. The van der Waals surface area contributed by atoms with E-state index in [9.17, 15) is 22.4 Å². The first-order valence-electron chi connectivity index (χ1n) is 11.3. The van der Waals surface area contributed by atoms with Crippen LogP contribution in [0.25, 0.3) is 11.1 Å². The number of anilines is 3. The highest BCUT2D eigenvalue weighted by atomic mass is 35.5. The molecule has 3 amide bonds. The highest BCUT2D eigenvalue weighted by Gasteiger charge is 2.33. The number of urea groups is 1. The number of amides is 3. The molecular formula is C25H22ClF3N4O4S. The van der Waals surface area contributed by atoms with Crippen molar-refractivity contribution in [3.05, 3.63) is 77.1 Å². The summed E-state index contributed by atoms with van der Waals surface area (Å²) in [6.45, 7) is 0.0758. The molecule has 1 unspecified atom stereocenters. The van der Waals surface area contributed by atoms with Crippen molar-refractivity contribution >= 4 is 50.6 Å². The fourth-order valence-corrected chi connectivity index (χ4v) is 4.85. The first kappa shape index (κ1) is 27.3. The molecule has 0 radical (unpaired) electrons. The molecule has 8 nitrogen and oxygen atoms in total. The van der Waals surface area contributed by atoms with E-state index in [1.807, 2.05) is 0 Å². The van der Waals surface area contributed by atoms with Crippen molar-refractivity contribution in [3.8, 4) is 11.1 Å². The molecule has 0 spiro atoms. The molecule has 200 valence electrons. The lowest BCUT2D eigenvalue weighted by Gasteiger charge is -2.33. The van der Waals surface area contributed by atoms with Crippen molar-refractivity contribution in [2.24, 2.45) is 0 Å². The van der Waals surface area contributed by atoms with Gasteiger partial charge >= 0.3 is 6.03 Å². The molecule has 0 saturated carbocycles. The quantitative estimate of drug-likeness (QED) is 0.385. The van der Waals surface area contributed by atoms with Gasteiger partial charge < -0.3 is 15.5 Å². The first-order chi connectivity index (χ1) is 17.9. The molecule has 0 aliphatic carbocycles. The standard InChI is InChI=1S/C25H22ClF3N4O4S/c1-38(36,37)32-18-6-3-2-5-15(18)16-9-11-21(23(29)22(16)28)33-12-4-7-20(24(33)34)31-25(35)30-19-10-8-14(26)13-17(19)27/h2-3,5-6,8-11,13,20,32H,4,7,12H2,1H3,(H2,30,31,35). The summed E-state index contributed by atoms with van der Waals surface area (Å²) >= 11 is 5.70. The number of hydrogen-bond donors (Lipinski definition) is 3. The van der Waals surface area contributed by atoms with Gasteiger partial charge in [-0.05, 0) is 49.2 Å². The van der Waals surface area contributed by atoms with Crippen LogP contribution in [0.2, 0.25) is 5.02 Å². The molecule has 3 N–H and O–H groups in total. The van der Waals surface area contributed by atoms with E-state index in [0.29, 0.717) is 6.42 Å². The number of rotatable bonds is 6. The fourth-order valence-electron chi connectivity index (χ4n) is 4.12. The summed E-state index contributed by atoms with van der Waals surface area (Å²) in [4.78, 5) is 26.5. The molecule has 3 aromatic carbocycles. The SMILES string of the molecule is CS(=O)(=O)Nc1ccccc1-c1ccc(N2CCCC(NC(=O)Nc3ccc(Cl)cc3F)C2=O)c(F)c1F. The number of carbonyl (C=O) groups is 2. The van der Waals surface area contributed by atoms with Gasteiger partial charge in [-0.15, -0.1) is 0 Å². The molecule has 0 aromatic heterocycles. The number of nitrogens with zero attached hydrogens (tertiary/aromatic N) is 1. The third-order valence-corrected chi connectivity index (χ3v) is 6.61. The Hall–Kier alpha value is -3.77. The minimum absolute atomic E-state index is 0.0579. The van der Waals surface area contributed by atoms with E-state index in [0.717, 1.165) is 17.2 Å². The number of halogens is 4. The fraction of sp³-hybridized carbons (Fsp3) is 0.200. The van der Waals surface area contributed by atoms with Gasteiger partial charge in [0.15, 0.2) is 11.6 Å². The maximum Gasteiger partial charge on any atom is 0.319 e. The summed E-state index contributed by atoms with van der Waals surface area (Å²) in [5.74, 6) is -4.02. The molecule has 38 heavy (non-hydrogen) atoms. The van der Waals surface area contributed by atoms with E-state index in [1.54, 1.807) is 6.07 Å². The molecule has 1 saturated heterocycles. The van der Waals surface area contributed by atoms with Gasteiger partial charge in [0, 0.05) is 22.7 Å². The van der Waals surface area contributed by atoms with E-state index >= 15 is 8.78 Å². The topological polar surface area (TPSA) is 108 Å². The molecule has 3 aromatic rings. The minimum Gasteiger partial charge on any atom is -0.326 e. The molecule has 0 bridgehead atoms. The first-order valence-corrected chi connectivity index (χ1v) is 13.6. The van der Waals surface area contributed by atoms with E-state index in [4.69, 9.17) is 11.6 Å². The molecule has 1 atom stereocenters. The zero-order valence-electron chi connectivity index (χ0n) is 19.9. The van der Waals surface area contributed by atoms with Gasteiger partial charge in [-0.1, -0.05) is 29.8 Å². The number of sulfonamides is 1. The van der Waals surface area contributed by atoms with Gasteiger partial charge in [0.25, 0.3) is 0 Å². The maximum absolute atomic E-state index is 15.3. The van der Waals surface area contributed by atoms with Crippen LogP contribution in [0, 0.1) is 17.5 Å². The zero-order chi connectivity index (χ0) is 27.6. The van der Waals surface area contributed by atoms with E-state index in [1.165, 1.54) is 42.5 Å². The third kappa shape index (κ3) is 6.03. The number of benzene rings is 3. The van der Waals surface area contributed by atoms with Gasteiger partial charge in [-0.2, -0.15) is 0 Å². The number of carbonyl (C=O) groups excluding carboxylic acids is 2. The van der Waals surface area contributed by atoms with Crippen LogP contribution in [-0.2, 0) is 14.8 Å². The van der Waals surface area contributed by atoms with Crippen molar-refractivity contribution in [2.45, 2.75) is 18.9 Å². The maximum atomic E-state index is 15.3. The average molecular weight is 567 g/mol. The second-order valence-electron chi connectivity index (χ2n) is 8.59. The molecule has 13 heteroatoms. The Kier molecular flexibility index (Phi) is 7.83. The summed E-state index contributed by atoms with van der Waals surface area (Å²) in [6, 6.07) is 10.1. The van der Waals surface area contributed by atoms with E-state index < -0.39 is 45.5 Å². The van der Waals surface area contributed by atoms with Crippen LogP contribution in [0.15, 0.2) is 54.6 Å². The van der Waals surface area contributed by atoms with Crippen LogP contribution >= 0.6 is 11.6 Å². The average Bonchev–Trinajstić information content (AvgIpc) is 2.84. The molecule has 4 rings (SSSR count). The van der Waals surface area contributed by atoms with Crippen LogP contribution in [0.1, 0.15) is 12.8 Å². The van der Waals surface area contributed by atoms with Crippen LogP contribution in [-0.4, -0.2) is 39.2 Å². The van der Waals surface area contributed by atoms with E-state index in [2.05, 4.69) is 15.4 Å². The summed E-state index contributed by atoms with van der Waals surface area (Å²) in [5.41, 5.74) is -0.526. The third-order valence-electron chi connectivity index (χ3n) is 5.79. The monoisotopic (exact) mass is 566 g/mol. The van der Waals surface area contributed by atoms with Gasteiger partial charge in [0.1, 0.15) is 11.9 Å². The van der Waals surface area contributed by atoms with Crippen molar-refractivity contribution in [1.82, 2.24) is 5.32 Å². The van der Waals surface area contributed by atoms with Crippen LogP contribution < -0.4 is 20.3 Å². The van der Waals surface area contributed by atoms with Gasteiger partial charge in [-0.25, -0.2) is 26.4 Å². The number of hydrogen-bond acceptors (Lipinski definition) is 4. The van der Waals surface area contributed by atoms with Crippen LogP contribution in [0.4, 0.5) is 35.0 Å². The summed E-state index contributed by atoms with van der Waals surface area (Å²) in [5, 5.41) is 4.87. The van der Waals surface area contributed by atoms with Crippen molar-refractivity contribution in [1.29, 1.82) is 0 Å². The lowest BCUT2D eigenvalue weighted by Crippen LogP contribution is -2.53. The lowest BCUT2D eigenvalue weighted by atomic mass is 10.00. The van der Waals surface area contributed by atoms with Gasteiger partial charge in [-0.3, -0.25) is 9.52 Å². The minimum atomic E-state index is -3.69. The Morgan fingerprint density at radius 2 is 1.74 bits per heavy atom. The molecule has 1 aliphatic heterocycles. The van der Waals surface area contributed by atoms with Crippen molar-refractivity contribution in [3.63, 3.8) is 0 Å². The molecule has 1 fully saturated rings. The predicted octanol–water partition coefficient (Wildman–Crippen LogP) is 5.11. The largest absolute Gasteiger partial charge is 0.326 e. The number of nitrogens with one attached hydrogen (secondary N) is 3. The molecular weight excluding hydrogens is 545 g/mol. The van der Waals surface area contributed by atoms with Crippen molar-refractivity contribution < 1.29 is 31.2 Å². The summed E-state index contributed by atoms with van der Waals surface area (Å²) in [6.07, 6.45) is 1.54. The summed E-state index contributed by atoms with van der Waals surface area (Å²) < 4.78 is 70.1. The number of piperidine rings is 1. The van der Waals surface area contributed by atoms with E-state index in [-0.39, 0.29) is 46.2 Å². The molecule has 1 heterocycles. The highest BCUT2D eigenvalue weighted by Crippen LogP contribution is 2.35. The number of para-hydroxylation sites is 1. The van der Waals surface area contributed by atoms with Gasteiger partial charge in [0.05, 0.1) is 23.3 Å². The zero-order valence-corrected chi connectivity index (χ0v) is 21.5. The Balaban J connectivity index is 1.55. The smallest absolute Gasteiger partial charge is 0.319 e. The highest BCUT2D eigenvalue weighted by molar-refractivity contribution is 7.92. The molecule has 1 aliphatic rings. The van der Waals surface area contributed by atoms with Crippen LogP contribution in [0.5, 0.6) is 0 Å². The van der Waals surface area contributed by atoms with Crippen molar-refractivity contribution in [2.75, 3.05) is 27.7 Å². The van der Waals surface area contributed by atoms with Crippen LogP contribution in [0.3, 0.4) is 0 Å². The Labute approximate surface area is 221 Å². The lowest BCUT2D eigenvalue weighted by molar-refractivity contribution is -0.121. The normalized spacial score (nSPS) is 15.8. The summed E-state index contributed by atoms with van der Waals surface area (Å²) in [7, 11) is -3.69. The second-order valence-corrected chi connectivity index (χ2v) is 10.8. The Bertz CT molecular complexity index is 1520. The Morgan fingerprint density at radius 3 is 2.45 bits per heavy atom. The Morgan fingerprint density at radius 1 is 1.00 bits per heavy atom. The predicted molar refractivity (Wildman–Crippen MR) is 139 cm³/mol. The van der Waals surface area contributed by atoms with Gasteiger partial charge in [0.2, 0.25) is 15.9 Å².